The zero-order valence-corrected chi connectivity index (χ0v) is 13.7. The average Bonchev–Trinajstić information content (AvgIpc) is 2.98. The van der Waals surface area contributed by atoms with Gasteiger partial charge in [-0.1, -0.05) is 29.3 Å². The van der Waals surface area contributed by atoms with E-state index >= 15 is 0 Å². The molecule has 0 N–H and O–H groups in total. The molecule has 1 atom stereocenters. The lowest BCUT2D eigenvalue weighted by atomic mass is 10.1. The van der Waals surface area contributed by atoms with Gasteiger partial charge in [-0.15, -0.1) is 0 Å². The largest absolute Gasteiger partial charge is 0.377 e. The van der Waals surface area contributed by atoms with Crippen molar-refractivity contribution in [3.05, 3.63) is 33.8 Å². The number of halogens is 2. The zero-order chi connectivity index (χ0) is 14.7. The quantitative estimate of drug-likeness (QED) is 0.843. The fourth-order valence-electron chi connectivity index (χ4n) is 3.11. The maximum atomic E-state index is 6.25. The summed E-state index contributed by atoms with van der Waals surface area (Å²) in [7, 11) is 0. The molecule has 0 bridgehead atoms. The van der Waals surface area contributed by atoms with Crippen LogP contribution in [0, 0.1) is 0 Å². The first-order chi connectivity index (χ1) is 10.2. The summed E-state index contributed by atoms with van der Waals surface area (Å²) in [6.45, 7) is 7.19. The maximum absolute atomic E-state index is 6.25. The smallest absolute Gasteiger partial charge is 0.0702 e. The number of hydrogen-bond donors (Lipinski definition) is 0. The van der Waals surface area contributed by atoms with Crippen LogP contribution in [0.25, 0.3) is 0 Å². The molecule has 3 nitrogen and oxygen atoms in total. The molecule has 0 aliphatic carbocycles. The minimum absolute atomic E-state index is 0.453. The standard InChI is InChI=1S/C16H22Cl2N2O/c17-15-4-1-5-16(18)14(15)12-20-8-6-19(7-9-20)11-13-3-2-10-21-13/h1,4-5,13H,2-3,6-12H2/t13-/m1/s1. The summed E-state index contributed by atoms with van der Waals surface area (Å²) in [6, 6.07) is 5.72. The Morgan fingerprint density at radius 1 is 1.05 bits per heavy atom. The van der Waals surface area contributed by atoms with E-state index in [9.17, 15) is 0 Å². The summed E-state index contributed by atoms with van der Waals surface area (Å²) in [6.07, 6.45) is 2.89. The van der Waals surface area contributed by atoms with Gasteiger partial charge in [-0.25, -0.2) is 0 Å². The van der Waals surface area contributed by atoms with E-state index in [0.29, 0.717) is 6.10 Å². The van der Waals surface area contributed by atoms with Crippen molar-refractivity contribution in [1.29, 1.82) is 0 Å². The lowest BCUT2D eigenvalue weighted by molar-refractivity contribution is 0.0489. The highest BCUT2D eigenvalue weighted by Crippen LogP contribution is 2.26. The molecule has 0 saturated carbocycles. The van der Waals surface area contributed by atoms with Crippen LogP contribution in [0.15, 0.2) is 18.2 Å². The third-order valence-electron chi connectivity index (χ3n) is 4.39. The molecule has 2 fully saturated rings. The molecule has 0 spiro atoms. The Balaban J connectivity index is 1.49. The second-order valence-corrected chi connectivity index (χ2v) is 6.73. The third-order valence-corrected chi connectivity index (χ3v) is 5.10. The van der Waals surface area contributed by atoms with E-state index < -0.39 is 0 Å². The predicted molar refractivity (Wildman–Crippen MR) is 87.2 cm³/mol. The Kier molecular flexibility index (Phi) is 5.41. The molecule has 5 heteroatoms. The first kappa shape index (κ1) is 15.6. The van der Waals surface area contributed by atoms with E-state index in [0.717, 1.165) is 61.5 Å². The van der Waals surface area contributed by atoms with Crippen molar-refractivity contribution in [1.82, 2.24) is 9.80 Å². The molecule has 0 unspecified atom stereocenters. The van der Waals surface area contributed by atoms with Crippen LogP contribution in [0.5, 0.6) is 0 Å². The maximum Gasteiger partial charge on any atom is 0.0702 e. The summed E-state index contributed by atoms with van der Waals surface area (Å²) >= 11 is 12.5. The molecular formula is C16H22Cl2N2O. The van der Waals surface area contributed by atoms with Crippen LogP contribution in [-0.4, -0.2) is 55.2 Å². The molecule has 3 rings (SSSR count). The number of ether oxygens (including phenoxy) is 1. The Morgan fingerprint density at radius 3 is 2.33 bits per heavy atom. The average molecular weight is 329 g/mol. The molecule has 2 aliphatic heterocycles. The van der Waals surface area contributed by atoms with Crippen molar-refractivity contribution in [2.45, 2.75) is 25.5 Å². The molecule has 0 amide bonds. The number of nitrogens with zero attached hydrogens (tertiary/aromatic N) is 2. The van der Waals surface area contributed by atoms with Gasteiger partial charge < -0.3 is 4.74 Å². The molecule has 1 aromatic carbocycles. The number of rotatable bonds is 4. The fraction of sp³-hybridized carbons (Fsp3) is 0.625. The monoisotopic (exact) mass is 328 g/mol. The van der Waals surface area contributed by atoms with Crippen LogP contribution in [0.3, 0.4) is 0 Å². The molecule has 116 valence electrons. The van der Waals surface area contributed by atoms with E-state index in [1.54, 1.807) is 0 Å². The molecular weight excluding hydrogens is 307 g/mol. The Hall–Kier alpha value is -0.320. The third kappa shape index (κ3) is 4.11. The van der Waals surface area contributed by atoms with E-state index in [1.165, 1.54) is 12.8 Å². The summed E-state index contributed by atoms with van der Waals surface area (Å²) in [5.41, 5.74) is 1.05. The van der Waals surface area contributed by atoms with Crippen LogP contribution in [0.4, 0.5) is 0 Å². The molecule has 2 saturated heterocycles. The summed E-state index contributed by atoms with van der Waals surface area (Å²) in [4.78, 5) is 4.94. The lowest BCUT2D eigenvalue weighted by Crippen LogP contribution is -2.48. The Morgan fingerprint density at radius 2 is 1.71 bits per heavy atom. The van der Waals surface area contributed by atoms with E-state index in [2.05, 4.69) is 9.80 Å². The van der Waals surface area contributed by atoms with Gasteiger partial charge >= 0.3 is 0 Å². The first-order valence-electron chi connectivity index (χ1n) is 7.71. The van der Waals surface area contributed by atoms with Crippen molar-refractivity contribution < 1.29 is 4.74 Å². The van der Waals surface area contributed by atoms with Crippen LogP contribution in [0.2, 0.25) is 10.0 Å². The second kappa shape index (κ2) is 7.30. The van der Waals surface area contributed by atoms with Gasteiger partial charge in [0.25, 0.3) is 0 Å². The lowest BCUT2D eigenvalue weighted by Gasteiger charge is -2.36. The van der Waals surface area contributed by atoms with Crippen molar-refractivity contribution in [3.8, 4) is 0 Å². The van der Waals surface area contributed by atoms with Crippen molar-refractivity contribution >= 4 is 23.2 Å². The van der Waals surface area contributed by atoms with Gasteiger partial charge in [-0.3, -0.25) is 9.80 Å². The van der Waals surface area contributed by atoms with E-state index in [1.807, 2.05) is 18.2 Å². The van der Waals surface area contributed by atoms with Crippen molar-refractivity contribution in [2.75, 3.05) is 39.3 Å². The molecule has 2 aliphatic rings. The van der Waals surface area contributed by atoms with Gasteiger partial charge in [0.1, 0.15) is 0 Å². The molecule has 0 aromatic heterocycles. The van der Waals surface area contributed by atoms with Gasteiger partial charge in [0.15, 0.2) is 0 Å². The van der Waals surface area contributed by atoms with Crippen molar-refractivity contribution in [2.24, 2.45) is 0 Å². The highest BCUT2D eigenvalue weighted by molar-refractivity contribution is 6.35. The SMILES string of the molecule is Clc1cccc(Cl)c1CN1CCN(C[C@H]2CCCO2)CC1. The highest BCUT2D eigenvalue weighted by atomic mass is 35.5. The zero-order valence-electron chi connectivity index (χ0n) is 12.2. The highest BCUT2D eigenvalue weighted by Gasteiger charge is 2.23. The van der Waals surface area contributed by atoms with Gasteiger partial charge in [-0.05, 0) is 25.0 Å². The minimum atomic E-state index is 0.453. The summed E-state index contributed by atoms with van der Waals surface area (Å²) in [5.74, 6) is 0. The van der Waals surface area contributed by atoms with E-state index in [4.69, 9.17) is 27.9 Å². The van der Waals surface area contributed by atoms with Crippen LogP contribution < -0.4 is 0 Å². The molecule has 0 radical (unpaired) electrons. The van der Waals surface area contributed by atoms with E-state index in [-0.39, 0.29) is 0 Å². The molecule has 1 aromatic rings. The number of benzene rings is 1. The first-order valence-corrected chi connectivity index (χ1v) is 8.47. The minimum Gasteiger partial charge on any atom is -0.377 e. The summed E-state index contributed by atoms with van der Waals surface area (Å²) in [5, 5.41) is 1.54. The van der Waals surface area contributed by atoms with Crippen LogP contribution >= 0.6 is 23.2 Å². The van der Waals surface area contributed by atoms with Crippen LogP contribution in [0.1, 0.15) is 18.4 Å². The summed E-state index contributed by atoms with van der Waals surface area (Å²) < 4.78 is 5.72. The second-order valence-electron chi connectivity index (χ2n) is 5.91. The topological polar surface area (TPSA) is 15.7 Å². The van der Waals surface area contributed by atoms with Gasteiger partial charge in [0.05, 0.1) is 6.10 Å². The molecule has 2 heterocycles. The molecule has 21 heavy (non-hydrogen) atoms. The van der Waals surface area contributed by atoms with Gasteiger partial charge in [0.2, 0.25) is 0 Å². The number of piperazine rings is 1. The number of hydrogen-bond acceptors (Lipinski definition) is 3. The van der Waals surface area contributed by atoms with Crippen molar-refractivity contribution in [3.63, 3.8) is 0 Å². The van der Waals surface area contributed by atoms with Gasteiger partial charge in [0, 0.05) is 61.5 Å². The Bertz CT molecular complexity index is 449. The Labute approximate surface area is 136 Å². The van der Waals surface area contributed by atoms with Gasteiger partial charge in [-0.2, -0.15) is 0 Å². The van der Waals surface area contributed by atoms with Crippen LogP contribution in [-0.2, 0) is 11.3 Å². The fourth-order valence-corrected chi connectivity index (χ4v) is 3.63. The predicted octanol–water partition coefficient (Wildman–Crippen LogP) is 3.29. The normalized spacial score (nSPS) is 24.6.